The molecule has 0 saturated heterocycles. The van der Waals surface area contributed by atoms with Crippen LogP contribution in [0.25, 0.3) is 0 Å². The molecule has 0 amide bonds. The normalized spacial score (nSPS) is 12.0. The number of anilines is 1. The quantitative estimate of drug-likeness (QED) is 0.877. The number of nitrogens with two attached hydrogens (primary N) is 1. The van der Waals surface area contributed by atoms with Crippen LogP contribution >= 0.6 is 0 Å². The minimum atomic E-state index is -3.87. The van der Waals surface area contributed by atoms with Crippen LogP contribution < -0.4 is 5.73 Å². The van der Waals surface area contributed by atoms with Gasteiger partial charge in [-0.25, -0.2) is 12.8 Å². The Kier molecular flexibility index (Phi) is 3.82. The van der Waals surface area contributed by atoms with Crippen molar-refractivity contribution >= 4 is 15.7 Å². The molecule has 0 saturated carbocycles. The van der Waals surface area contributed by atoms with Crippen LogP contribution in [0.4, 0.5) is 10.1 Å². The lowest BCUT2D eigenvalue weighted by Gasteiger charge is -2.17. The lowest BCUT2D eigenvalue weighted by Crippen LogP contribution is -2.27. The number of nitrogen functional groups attached to an aromatic ring is 1. The summed E-state index contributed by atoms with van der Waals surface area (Å²) < 4.78 is 44.5. The minimum absolute atomic E-state index is 0.0477. The molecule has 0 radical (unpaired) electrons. The Labute approximate surface area is 116 Å². The number of benzene rings is 1. The standard InChI is InChI=1S/C13H15FN2O3S/c1-9-6-7-10(19-9)8-16(2)20(17,18)12-5-3-4-11(14)13(12)15/h3-7H,8,15H2,1-2H3. The topological polar surface area (TPSA) is 76.5 Å². The van der Waals surface area contributed by atoms with Gasteiger partial charge in [0.1, 0.15) is 22.2 Å². The van der Waals surface area contributed by atoms with E-state index in [1.165, 1.54) is 19.2 Å². The predicted molar refractivity (Wildman–Crippen MR) is 72.9 cm³/mol. The molecule has 108 valence electrons. The highest BCUT2D eigenvalue weighted by molar-refractivity contribution is 7.89. The van der Waals surface area contributed by atoms with E-state index in [0.717, 1.165) is 10.4 Å². The van der Waals surface area contributed by atoms with Crippen molar-refractivity contribution in [3.8, 4) is 0 Å². The summed E-state index contributed by atoms with van der Waals surface area (Å²) in [6.45, 7) is 1.81. The summed E-state index contributed by atoms with van der Waals surface area (Å²) in [6, 6.07) is 7.13. The van der Waals surface area contributed by atoms with Crippen LogP contribution in [-0.2, 0) is 16.6 Å². The number of aryl methyl sites for hydroxylation is 1. The van der Waals surface area contributed by atoms with Gasteiger partial charge in [-0.05, 0) is 31.2 Å². The van der Waals surface area contributed by atoms with E-state index in [4.69, 9.17) is 10.2 Å². The molecule has 1 aromatic carbocycles. The maximum atomic E-state index is 13.4. The van der Waals surface area contributed by atoms with E-state index >= 15 is 0 Å². The van der Waals surface area contributed by atoms with Crippen molar-refractivity contribution in [1.29, 1.82) is 0 Å². The van der Waals surface area contributed by atoms with E-state index in [9.17, 15) is 12.8 Å². The average molecular weight is 298 g/mol. The second-order valence-corrected chi connectivity index (χ2v) is 6.44. The summed E-state index contributed by atoms with van der Waals surface area (Å²) >= 11 is 0. The van der Waals surface area contributed by atoms with Gasteiger partial charge in [0.05, 0.1) is 12.2 Å². The molecule has 0 aliphatic rings. The van der Waals surface area contributed by atoms with Crippen molar-refractivity contribution in [2.75, 3.05) is 12.8 Å². The zero-order valence-corrected chi connectivity index (χ0v) is 11.9. The lowest BCUT2D eigenvalue weighted by atomic mass is 10.3. The lowest BCUT2D eigenvalue weighted by molar-refractivity contribution is 0.397. The maximum absolute atomic E-state index is 13.4. The molecule has 0 bridgehead atoms. The van der Waals surface area contributed by atoms with Gasteiger partial charge in [0.25, 0.3) is 0 Å². The summed E-state index contributed by atoms with van der Waals surface area (Å²) in [7, 11) is -2.49. The van der Waals surface area contributed by atoms with E-state index in [-0.39, 0.29) is 17.1 Å². The van der Waals surface area contributed by atoms with Crippen LogP contribution in [0.3, 0.4) is 0 Å². The number of sulfonamides is 1. The number of halogens is 1. The third kappa shape index (κ3) is 2.68. The van der Waals surface area contributed by atoms with Crippen LogP contribution in [0.1, 0.15) is 11.5 Å². The average Bonchev–Trinajstić information content (AvgIpc) is 2.78. The first-order valence-corrected chi connectivity index (χ1v) is 7.32. The first-order chi connectivity index (χ1) is 9.32. The molecule has 2 rings (SSSR count). The number of para-hydroxylation sites is 1. The third-order valence-corrected chi connectivity index (χ3v) is 4.74. The molecule has 1 heterocycles. The van der Waals surface area contributed by atoms with Crippen molar-refractivity contribution in [2.24, 2.45) is 0 Å². The van der Waals surface area contributed by atoms with Gasteiger partial charge in [0.2, 0.25) is 10.0 Å². The van der Waals surface area contributed by atoms with E-state index in [1.807, 2.05) is 0 Å². The molecule has 7 heteroatoms. The Morgan fingerprint density at radius 1 is 1.30 bits per heavy atom. The fraction of sp³-hybridized carbons (Fsp3) is 0.231. The van der Waals surface area contributed by atoms with Gasteiger partial charge < -0.3 is 10.2 Å². The molecule has 5 nitrogen and oxygen atoms in total. The molecular weight excluding hydrogens is 283 g/mol. The molecule has 0 unspecified atom stereocenters. The highest BCUT2D eigenvalue weighted by Crippen LogP contribution is 2.25. The molecule has 0 aliphatic carbocycles. The largest absolute Gasteiger partial charge is 0.465 e. The van der Waals surface area contributed by atoms with Gasteiger partial charge in [-0.3, -0.25) is 0 Å². The van der Waals surface area contributed by atoms with Crippen molar-refractivity contribution in [3.63, 3.8) is 0 Å². The minimum Gasteiger partial charge on any atom is -0.465 e. The summed E-state index contributed by atoms with van der Waals surface area (Å²) in [5.41, 5.74) is 5.12. The van der Waals surface area contributed by atoms with Crippen molar-refractivity contribution in [3.05, 3.63) is 47.7 Å². The fourth-order valence-electron chi connectivity index (χ4n) is 1.78. The summed E-state index contributed by atoms with van der Waals surface area (Å²) in [5.74, 6) is 0.438. The SMILES string of the molecule is Cc1ccc(CN(C)S(=O)(=O)c2cccc(F)c2N)o1. The number of furan rings is 1. The zero-order chi connectivity index (χ0) is 14.9. The van der Waals surface area contributed by atoms with Crippen LogP contribution in [-0.4, -0.2) is 19.8 Å². The summed E-state index contributed by atoms with van der Waals surface area (Å²) in [6.07, 6.45) is 0. The Hall–Kier alpha value is -1.86. The van der Waals surface area contributed by atoms with Crippen LogP contribution in [0.15, 0.2) is 39.6 Å². The molecule has 2 aromatic rings. The fourth-order valence-corrected chi connectivity index (χ4v) is 3.04. The molecule has 1 aromatic heterocycles. The van der Waals surface area contributed by atoms with Crippen molar-refractivity contribution in [2.45, 2.75) is 18.4 Å². The molecule has 0 aliphatic heterocycles. The van der Waals surface area contributed by atoms with Crippen LogP contribution in [0, 0.1) is 12.7 Å². The molecule has 0 spiro atoms. The maximum Gasteiger partial charge on any atom is 0.245 e. The molecule has 0 fully saturated rings. The molecule has 0 atom stereocenters. The molecular formula is C13H15FN2O3S. The second-order valence-electron chi connectivity index (χ2n) is 4.43. The van der Waals surface area contributed by atoms with Gasteiger partial charge in [-0.1, -0.05) is 6.07 Å². The summed E-state index contributed by atoms with van der Waals surface area (Å²) in [5, 5.41) is 0. The van der Waals surface area contributed by atoms with E-state index in [0.29, 0.717) is 11.5 Å². The second kappa shape index (κ2) is 5.26. The predicted octanol–water partition coefficient (Wildman–Crippen LogP) is 2.13. The third-order valence-electron chi connectivity index (χ3n) is 2.88. The smallest absolute Gasteiger partial charge is 0.245 e. The van der Waals surface area contributed by atoms with Crippen LogP contribution in [0.2, 0.25) is 0 Å². The number of rotatable bonds is 4. The van der Waals surface area contributed by atoms with E-state index < -0.39 is 15.8 Å². The first kappa shape index (κ1) is 14.5. The van der Waals surface area contributed by atoms with Gasteiger partial charge in [0, 0.05) is 7.05 Å². The summed E-state index contributed by atoms with van der Waals surface area (Å²) in [4.78, 5) is -0.247. The molecule has 2 N–H and O–H groups in total. The number of hydrogen-bond donors (Lipinski definition) is 1. The monoisotopic (exact) mass is 298 g/mol. The van der Waals surface area contributed by atoms with Crippen molar-refractivity contribution < 1.29 is 17.2 Å². The van der Waals surface area contributed by atoms with Crippen LogP contribution in [0.5, 0.6) is 0 Å². The Balaban J connectivity index is 2.32. The Morgan fingerprint density at radius 3 is 2.60 bits per heavy atom. The highest BCUT2D eigenvalue weighted by Gasteiger charge is 2.25. The van der Waals surface area contributed by atoms with Gasteiger partial charge in [0.15, 0.2) is 0 Å². The number of nitrogens with zero attached hydrogens (tertiary/aromatic N) is 1. The van der Waals surface area contributed by atoms with E-state index in [1.54, 1.807) is 19.1 Å². The Morgan fingerprint density at radius 2 is 2.00 bits per heavy atom. The van der Waals surface area contributed by atoms with Gasteiger partial charge in [-0.15, -0.1) is 0 Å². The van der Waals surface area contributed by atoms with Crippen molar-refractivity contribution in [1.82, 2.24) is 4.31 Å². The zero-order valence-electron chi connectivity index (χ0n) is 11.1. The van der Waals surface area contributed by atoms with Gasteiger partial charge >= 0.3 is 0 Å². The van der Waals surface area contributed by atoms with Gasteiger partial charge in [-0.2, -0.15) is 4.31 Å². The Bertz CT molecular complexity index is 725. The molecule has 20 heavy (non-hydrogen) atoms. The number of hydrogen-bond acceptors (Lipinski definition) is 4. The van der Waals surface area contributed by atoms with E-state index in [2.05, 4.69) is 0 Å². The first-order valence-electron chi connectivity index (χ1n) is 5.88. The highest BCUT2D eigenvalue weighted by atomic mass is 32.2.